The van der Waals surface area contributed by atoms with Crippen molar-refractivity contribution in [2.75, 3.05) is 17.3 Å². The predicted molar refractivity (Wildman–Crippen MR) is 156 cm³/mol. The van der Waals surface area contributed by atoms with Gasteiger partial charge in [-0.05, 0) is 71.3 Å². The average molecular weight is 513 g/mol. The van der Waals surface area contributed by atoms with E-state index in [1.165, 1.54) is 0 Å². The Hall–Kier alpha value is -5.16. The molecule has 2 amide bonds. The van der Waals surface area contributed by atoms with Crippen LogP contribution in [0.2, 0.25) is 0 Å². The number of benzene rings is 5. The molecule has 5 aromatic rings. The first-order chi connectivity index (χ1) is 19.1. The molecule has 1 N–H and O–H groups in total. The summed E-state index contributed by atoms with van der Waals surface area (Å²) >= 11 is 0. The molecule has 0 bridgehead atoms. The van der Waals surface area contributed by atoms with Crippen LogP contribution < -0.4 is 15.0 Å². The number of anilines is 2. The van der Waals surface area contributed by atoms with Crippen LogP contribution in [0.25, 0.3) is 11.1 Å². The second kappa shape index (κ2) is 11.9. The van der Waals surface area contributed by atoms with Crippen LogP contribution in [-0.4, -0.2) is 18.9 Å². The molecule has 5 nitrogen and oxygen atoms in total. The van der Waals surface area contributed by atoms with E-state index >= 15 is 0 Å². The molecular weight excluding hydrogens is 484 g/mol. The zero-order valence-electron chi connectivity index (χ0n) is 21.6. The highest BCUT2D eigenvalue weighted by Gasteiger charge is 2.19. The lowest BCUT2D eigenvalue weighted by atomic mass is 9.99. The number of rotatable bonds is 8. The van der Waals surface area contributed by atoms with Crippen molar-refractivity contribution >= 4 is 23.2 Å². The van der Waals surface area contributed by atoms with Crippen LogP contribution in [-0.2, 0) is 6.54 Å². The second-order valence-corrected chi connectivity index (χ2v) is 9.02. The van der Waals surface area contributed by atoms with Crippen molar-refractivity contribution in [3.63, 3.8) is 0 Å². The minimum atomic E-state index is -0.211. The van der Waals surface area contributed by atoms with Gasteiger partial charge in [-0.2, -0.15) is 0 Å². The SMILES string of the molecule is COc1ccc(N(Cc2ccccc2)C(=O)c2ccc(NC(=O)c3ccccc3-c3ccccc3)cc2)cc1. The van der Waals surface area contributed by atoms with E-state index in [4.69, 9.17) is 4.74 Å². The number of carbonyl (C=O) groups excluding carboxylic acids is 2. The van der Waals surface area contributed by atoms with Crippen molar-refractivity contribution < 1.29 is 14.3 Å². The van der Waals surface area contributed by atoms with Crippen molar-refractivity contribution in [3.8, 4) is 16.9 Å². The van der Waals surface area contributed by atoms with Gasteiger partial charge in [0, 0.05) is 22.5 Å². The number of amides is 2. The molecule has 39 heavy (non-hydrogen) atoms. The lowest BCUT2D eigenvalue weighted by molar-refractivity contribution is 0.0984. The number of ether oxygens (including phenoxy) is 1. The number of nitrogens with one attached hydrogen (secondary N) is 1. The minimum absolute atomic E-state index is 0.142. The standard InChI is InChI=1S/C34H28N2O3/c1-39-30-22-20-29(21-23-30)36(24-25-10-4-2-5-11-25)34(38)27-16-18-28(19-17-27)35-33(37)32-15-9-8-14-31(32)26-12-6-3-7-13-26/h2-23H,24H2,1H3,(H,35,37). The fourth-order valence-corrected chi connectivity index (χ4v) is 4.41. The number of nitrogens with zero attached hydrogens (tertiary/aromatic N) is 1. The maximum atomic E-state index is 13.7. The fourth-order valence-electron chi connectivity index (χ4n) is 4.41. The quantitative estimate of drug-likeness (QED) is 0.235. The lowest BCUT2D eigenvalue weighted by Crippen LogP contribution is -2.30. The van der Waals surface area contributed by atoms with Crippen molar-refractivity contribution in [3.05, 3.63) is 150 Å². The first-order valence-corrected chi connectivity index (χ1v) is 12.7. The van der Waals surface area contributed by atoms with E-state index in [1.807, 2.05) is 109 Å². The predicted octanol–water partition coefficient (Wildman–Crippen LogP) is 7.46. The topological polar surface area (TPSA) is 58.6 Å². The van der Waals surface area contributed by atoms with Gasteiger partial charge in [0.05, 0.1) is 13.7 Å². The van der Waals surface area contributed by atoms with Crippen LogP contribution in [0.15, 0.2) is 133 Å². The van der Waals surface area contributed by atoms with E-state index in [0.29, 0.717) is 23.4 Å². The molecule has 0 aliphatic carbocycles. The normalized spacial score (nSPS) is 10.5. The van der Waals surface area contributed by atoms with Crippen LogP contribution in [0.1, 0.15) is 26.3 Å². The Bertz CT molecular complexity index is 1550. The Morgan fingerprint density at radius 2 is 1.31 bits per heavy atom. The maximum Gasteiger partial charge on any atom is 0.258 e. The van der Waals surface area contributed by atoms with Gasteiger partial charge < -0.3 is 15.0 Å². The molecule has 192 valence electrons. The Balaban J connectivity index is 1.36. The molecule has 0 spiro atoms. The van der Waals surface area contributed by atoms with Crippen molar-refractivity contribution in [2.45, 2.75) is 6.54 Å². The summed E-state index contributed by atoms with van der Waals surface area (Å²) in [6, 6.07) is 41.6. The van der Waals surface area contributed by atoms with Crippen LogP contribution in [0.5, 0.6) is 5.75 Å². The molecule has 5 aromatic carbocycles. The van der Waals surface area contributed by atoms with Crippen LogP contribution in [0.4, 0.5) is 11.4 Å². The van der Waals surface area contributed by atoms with Crippen molar-refractivity contribution in [2.24, 2.45) is 0 Å². The van der Waals surface area contributed by atoms with E-state index in [0.717, 1.165) is 28.1 Å². The number of hydrogen-bond donors (Lipinski definition) is 1. The van der Waals surface area contributed by atoms with Gasteiger partial charge in [-0.25, -0.2) is 0 Å². The summed E-state index contributed by atoms with van der Waals surface area (Å²) in [4.78, 5) is 28.6. The highest BCUT2D eigenvalue weighted by molar-refractivity contribution is 6.09. The molecule has 0 fully saturated rings. The lowest BCUT2D eigenvalue weighted by Gasteiger charge is -2.23. The van der Waals surface area contributed by atoms with E-state index in [-0.39, 0.29) is 11.8 Å². The van der Waals surface area contributed by atoms with Gasteiger partial charge in [-0.3, -0.25) is 9.59 Å². The smallest absolute Gasteiger partial charge is 0.258 e. The molecule has 0 radical (unpaired) electrons. The van der Waals surface area contributed by atoms with Crippen LogP contribution in [0, 0.1) is 0 Å². The molecule has 0 saturated carbocycles. The first-order valence-electron chi connectivity index (χ1n) is 12.7. The molecule has 0 heterocycles. The molecule has 0 unspecified atom stereocenters. The van der Waals surface area contributed by atoms with Gasteiger partial charge in [0.1, 0.15) is 5.75 Å². The van der Waals surface area contributed by atoms with E-state index in [9.17, 15) is 9.59 Å². The summed E-state index contributed by atoms with van der Waals surface area (Å²) in [5.74, 6) is 0.369. The highest BCUT2D eigenvalue weighted by Crippen LogP contribution is 2.26. The van der Waals surface area contributed by atoms with Gasteiger partial charge in [0.15, 0.2) is 0 Å². The molecule has 0 saturated heterocycles. The third kappa shape index (κ3) is 6.05. The first kappa shape index (κ1) is 25.5. The van der Waals surface area contributed by atoms with E-state index in [2.05, 4.69) is 5.32 Å². The number of hydrogen-bond acceptors (Lipinski definition) is 3. The van der Waals surface area contributed by atoms with Gasteiger partial charge in [0.25, 0.3) is 11.8 Å². The molecule has 0 aliphatic heterocycles. The highest BCUT2D eigenvalue weighted by atomic mass is 16.5. The van der Waals surface area contributed by atoms with E-state index < -0.39 is 0 Å². The summed E-state index contributed by atoms with van der Waals surface area (Å²) in [5, 5.41) is 2.97. The van der Waals surface area contributed by atoms with Gasteiger partial charge in [0.2, 0.25) is 0 Å². The summed E-state index contributed by atoms with van der Waals surface area (Å²) in [6.07, 6.45) is 0. The van der Waals surface area contributed by atoms with Crippen molar-refractivity contribution in [1.82, 2.24) is 0 Å². The third-order valence-electron chi connectivity index (χ3n) is 6.46. The van der Waals surface area contributed by atoms with Gasteiger partial charge in [-0.15, -0.1) is 0 Å². The Morgan fingerprint density at radius 1 is 0.692 bits per heavy atom. The molecular formula is C34H28N2O3. The van der Waals surface area contributed by atoms with Crippen molar-refractivity contribution in [1.29, 1.82) is 0 Å². The number of carbonyl (C=O) groups is 2. The molecule has 5 rings (SSSR count). The summed E-state index contributed by atoms with van der Waals surface area (Å²) in [7, 11) is 1.61. The maximum absolute atomic E-state index is 13.7. The largest absolute Gasteiger partial charge is 0.497 e. The van der Waals surface area contributed by atoms with Gasteiger partial charge >= 0.3 is 0 Å². The Kier molecular flexibility index (Phi) is 7.79. The summed E-state index contributed by atoms with van der Waals surface area (Å²) in [5.41, 5.74) is 5.32. The van der Waals surface area contributed by atoms with Gasteiger partial charge in [-0.1, -0.05) is 78.9 Å². The summed E-state index contributed by atoms with van der Waals surface area (Å²) in [6.45, 7) is 0.417. The Labute approximate surface area is 228 Å². The summed E-state index contributed by atoms with van der Waals surface area (Å²) < 4.78 is 5.28. The zero-order chi connectivity index (χ0) is 27.0. The van der Waals surface area contributed by atoms with E-state index in [1.54, 1.807) is 36.3 Å². The number of methoxy groups -OCH3 is 1. The molecule has 0 aliphatic rings. The molecule has 0 atom stereocenters. The van der Waals surface area contributed by atoms with Crippen LogP contribution in [0.3, 0.4) is 0 Å². The third-order valence-corrected chi connectivity index (χ3v) is 6.46. The molecule has 5 heteroatoms. The second-order valence-electron chi connectivity index (χ2n) is 9.02. The average Bonchev–Trinajstić information content (AvgIpc) is 3.01. The fraction of sp³-hybridized carbons (Fsp3) is 0.0588. The zero-order valence-corrected chi connectivity index (χ0v) is 21.6. The molecule has 0 aromatic heterocycles. The Morgan fingerprint density at radius 3 is 1.97 bits per heavy atom. The minimum Gasteiger partial charge on any atom is -0.497 e. The van der Waals surface area contributed by atoms with Crippen LogP contribution >= 0.6 is 0 Å². The monoisotopic (exact) mass is 512 g/mol.